The fraction of sp³-hybridized carbons (Fsp3) is 0.412. The highest BCUT2D eigenvalue weighted by Crippen LogP contribution is 2.20. The van der Waals surface area contributed by atoms with Crippen LogP contribution in [0.3, 0.4) is 0 Å². The third kappa shape index (κ3) is 3.43. The molecule has 0 aliphatic carbocycles. The van der Waals surface area contributed by atoms with Crippen LogP contribution in [-0.2, 0) is 11.3 Å². The van der Waals surface area contributed by atoms with Crippen LogP contribution in [0.4, 0.5) is 0 Å². The van der Waals surface area contributed by atoms with Gasteiger partial charge in [-0.25, -0.2) is 4.68 Å². The Labute approximate surface area is 135 Å². The highest BCUT2D eigenvalue weighted by atomic mass is 16.5. The molecule has 2 atom stereocenters. The lowest BCUT2D eigenvalue weighted by Crippen LogP contribution is -2.41. The summed E-state index contributed by atoms with van der Waals surface area (Å²) in [6.45, 7) is 3.57. The van der Waals surface area contributed by atoms with E-state index in [1.54, 1.807) is 19.2 Å². The average molecular weight is 315 g/mol. The van der Waals surface area contributed by atoms with Crippen LogP contribution >= 0.6 is 0 Å². The summed E-state index contributed by atoms with van der Waals surface area (Å²) in [6, 6.07) is 11.1. The Balaban J connectivity index is 1.75. The van der Waals surface area contributed by atoms with Crippen LogP contribution < -0.4 is 15.6 Å². The lowest BCUT2D eigenvalue weighted by molar-refractivity contribution is 0.180. The maximum Gasteiger partial charge on any atom is 0.267 e. The monoisotopic (exact) mass is 315 g/mol. The summed E-state index contributed by atoms with van der Waals surface area (Å²) < 4.78 is 12.5. The minimum absolute atomic E-state index is 0.0342. The molecule has 1 N–H and O–H groups in total. The minimum atomic E-state index is -0.102. The number of nitrogens with one attached hydrogen (secondary N) is 1. The second-order valence-electron chi connectivity index (χ2n) is 5.66. The Kier molecular flexibility index (Phi) is 4.73. The number of hydrogen-bond acceptors (Lipinski definition) is 5. The fourth-order valence-corrected chi connectivity index (χ4v) is 2.83. The molecule has 1 saturated heterocycles. The summed E-state index contributed by atoms with van der Waals surface area (Å²) >= 11 is 0. The molecule has 122 valence electrons. The van der Waals surface area contributed by atoms with E-state index < -0.39 is 0 Å². The van der Waals surface area contributed by atoms with Crippen LogP contribution in [0.2, 0.25) is 0 Å². The molecule has 6 nitrogen and oxygen atoms in total. The predicted octanol–water partition coefficient (Wildman–Crippen LogP) is 1.29. The van der Waals surface area contributed by atoms with Gasteiger partial charge in [0, 0.05) is 18.2 Å². The Morgan fingerprint density at radius 1 is 1.30 bits per heavy atom. The molecule has 1 aromatic heterocycles. The van der Waals surface area contributed by atoms with E-state index in [0.29, 0.717) is 19.8 Å². The molecule has 0 bridgehead atoms. The van der Waals surface area contributed by atoms with Gasteiger partial charge in [-0.15, -0.1) is 0 Å². The van der Waals surface area contributed by atoms with Crippen molar-refractivity contribution in [2.75, 3.05) is 20.3 Å². The zero-order chi connectivity index (χ0) is 16.2. The van der Waals surface area contributed by atoms with Gasteiger partial charge in [0.25, 0.3) is 5.56 Å². The Morgan fingerprint density at radius 3 is 2.96 bits per heavy atom. The van der Waals surface area contributed by atoms with Crippen LogP contribution in [0.1, 0.15) is 17.3 Å². The summed E-state index contributed by atoms with van der Waals surface area (Å²) in [4.78, 5) is 12.1. The average Bonchev–Trinajstić information content (AvgIpc) is 3.03. The van der Waals surface area contributed by atoms with Crippen molar-refractivity contribution in [1.82, 2.24) is 15.1 Å². The molecule has 1 aliphatic heterocycles. The first-order chi connectivity index (χ1) is 11.2. The van der Waals surface area contributed by atoms with Crippen LogP contribution in [0.5, 0.6) is 5.75 Å². The number of hydrogen-bond donors (Lipinski definition) is 1. The van der Waals surface area contributed by atoms with Gasteiger partial charge < -0.3 is 14.8 Å². The fourth-order valence-electron chi connectivity index (χ4n) is 2.83. The van der Waals surface area contributed by atoms with Crippen molar-refractivity contribution < 1.29 is 9.47 Å². The van der Waals surface area contributed by atoms with E-state index >= 15 is 0 Å². The summed E-state index contributed by atoms with van der Waals surface area (Å²) in [5, 5.41) is 7.82. The Hall–Kier alpha value is -2.18. The third-order valence-electron chi connectivity index (χ3n) is 4.07. The van der Waals surface area contributed by atoms with Gasteiger partial charge in [-0.2, -0.15) is 5.10 Å². The van der Waals surface area contributed by atoms with Crippen molar-refractivity contribution in [2.45, 2.75) is 25.6 Å². The van der Waals surface area contributed by atoms with Crippen molar-refractivity contribution in [3.8, 4) is 5.75 Å². The second-order valence-corrected chi connectivity index (χ2v) is 5.66. The van der Waals surface area contributed by atoms with E-state index in [2.05, 4.69) is 10.4 Å². The molecule has 3 rings (SSSR count). The standard InChI is InChI=1S/C17H21N3O3/c1-12-7-8-17(21)20(19-12)15-11-23-10-14(15)18-9-13-5-3-4-6-16(13)22-2/h3-8,14-15,18H,9-11H2,1-2H3. The predicted molar refractivity (Wildman–Crippen MR) is 86.7 cm³/mol. The molecule has 0 spiro atoms. The van der Waals surface area contributed by atoms with Gasteiger partial charge in [0.05, 0.1) is 38.1 Å². The molecule has 1 aromatic carbocycles. The minimum Gasteiger partial charge on any atom is -0.496 e. The van der Waals surface area contributed by atoms with E-state index in [1.807, 2.05) is 31.2 Å². The molecule has 23 heavy (non-hydrogen) atoms. The van der Waals surface area contributed by atoms with Gasteiger partial charge in [0.15, 0.2) is 0 Å². The number of aromatic nitrogens is 2. The summed E-state index contributed by atoms with van der Waals surface area (Å²) in [6.07, 6.45) is 0. The molecule has 0 radical (unpaired) electrons. The number of benzene rings is 1. The molecule has 6 heteroatoms. The second kappa shape index (κ2) is 6.93. The molecule has 0 amide bonds. The number of aryl methyl sites for hydroxylation is 1. The molecule has 2 unspecified atom stereocenters. The molecule has 1 aliphatic rings. The van der Waals surface area contributed by atoms with Crippen molar-refractivity contribution in [3.63, 3.8) is 0 Å². The molecule has 0 saturated carbocycles. The quantitative estimate of drug-likeness (QED) is 0.901. The van der Waals surface area contributed by atoms with E-state index in [4.69, 9.17) is 9.47 Å². The molecular weight excluding hydrogens is 294 g/mol. The lowest BCUT2D eigenvalue weighted by Gasteiger charge is -2.21. The topological polar surface area (TPSA) is 65.4 Å². The first-order valence-electron chi connectivity index (χ1n) is 7.68. The van der Waals surface area contributed by atoms with Crippen molar-refractivity contribution in [1.29, 1.82) is 0 Å². The number of rotatable bonds is 5. The number of methoxy groups -OCH3 is 1. The van der Waals surface area contributed by atoms with Gasteiger partial charge >= 0.3 is 0 Å². The summed E-state index contributed by atoms with van der Waals surface area (Å²) in [7, 11) is 1.66. The third-order valence-corrected chi connectivity index (χ3v) is 4.07. The van der Waals surface area contributed by atoms with Crippen LogP contribution in [0, 0.1) is 6.92 Å². The highest BCUT2D eigenvalue weighted by Gasteiger charge is 2.31. The van der Waals surface area contributed by atoms with Gasteiger partial charge in [0.2, 0.25) is 0 Å². The first kappa shape index (κ1) is 15.7. The van der Waals surface area contributed by atoms with Gasteiger partial charge in [-0.1, -0.05) is 18.2 Å². The largest absolute Gasteiger partial charge is 0.496 e. The first-order valence-corrected chi connectivity index (χ1v) is 7.68. The molecular formula is C17H21N3O3. The van der Waals surface area contributed by atoms with Gasteiger partial charge in [-0.05, 0) is 19.1 Å². The number of nitrogens with zero attached hydrogens (tertiary/aromatic N) is 2. The smallest absolute Gasteiger partial charge is 0.267 e. The molecule has 1 fully saturated rings. The normalized spacial score (nSPS) is 20.6. The highest BCUT2D eigenvalue weighted by molar-refractivity contribution is 5.33. The van der Waals surface area contributed by atoms with Crippen LogP contribution in [-0.4, -0.2) is 36.1 Å². The maximum atomic E-state index is 12.1. The summed E-state index contributed by atoms with van der Waals surface area (Å²) in [5.74, 6) is 0.848. The SMILES string of the molecule is COc1ccccc1CNC1COCC1n1nc(C)ccc1=O. The zero-order valence-corrected chi connectivity index (χ0v) is 13.4. The molecule has 2 aromatic rings. The van der Waals surface area contributed by atoms with Crippen molar-refractivity contribution in [2.24, 2.45) is 0 Å². The Morgan fingerprint density at radius 2 is 2.13 bits per heavy atom. The van der Waals surface area contributed by atoms with Gasteiger partial charge in [-0.3, -0.25) is 4.79 Å². The van der Waals surface area contributed by atoms with Crippen LogP contribution in [0.15, 0.2) is 41.2 Å². The number of para-hydroxylation sites is 1. The van der Waals surface area contributed by atoms with E-state index in [9.17, 15) is 4.79 Å². The number of ether oxygens (including phenoxy) is 2. The van der Waals surface area contributed by atoms with Crippen molar-refractivity contribution in [3.05, 3.63) is 58.0 Å². The zero-order valence-electron chi connectivity index (χ0n) is 13.4. The lowest BCUT2D eigenvalue weighted by atomic mass is 10.1. The summed E-state index contributed by atoms with van der Waals surface area (Å²) in [5.41, 5.74) is 1.79. The van der Waals surface area contributed by atoms with E-state index in [1.165, 1.54) is 4.68 Å². The Bertz CT molecular complexity index is 729. The van der Waals surface area contributed by atoms with E-state index in [0.717, 1.165) is 17.0 Å². The van der Waals surface area contributed by atoms with Gasteiger partial charge in [0.1, 0.15) is 5.75 Å². The molecule has 2 heterocycles. The van der Waals surface area contributed by atoms with Crippen LogP contribution in [0.25, 0.3) is 0 Å². The maximum absolute atomic E-state index is 12.1. The van der Waals surface area contributed by atoms with E-state index in [-0.39, 0.29) is 17.6 Å². The van der Waals surface area contributed by atoms with Crippen molar-refractivity contribution >= 4 is 0 Å².